The molecule has 0 saturated heterocycles. The Labute approximate surface area is 235 Å². The van der Waals surface area contributed by atoms with Crippen molar-refractivity contribution in [1.29, 1.82) is 0 Å². The standard InChI is InChI=1S/C34H52F2N2O/c1-21(2)7-6-8-22(3)29-11-12-30-28-10-9-23-19-27(13-15-32(23,4)31(28)14-16-33(29,30)5)39-34(35,36)24-17-25(37)20-26(38)18-24/h9,17-18,20-22,27-31H,6-8,10-16,19,37-38H2,1-5H3/t22-,27+,28+,29-,30+,31+,32+,33-/m1/s1. The molecule has 39 heavy (non-hydrogen) atoms. The molecule has 0 radical (unpaired) electrons. The van der Waals surface area contributed by atoms with Crippen molar-refractivity contribution in [3.05, 3.63) is 35.4 Å². The second-order valence-electron chi connectivity index (χ2n) is 14.7. The molecule has 0 amide bonds. The van der Waals surface area contributed by atoms with Crippen molar-refractivity contribution >= 4 is 11.4 Å². The van der Waals surface area contributed by atoms with Crippen molar-refractivity contribution in [1.82, 2.24) is 0 Å². The van der Waals surface area contributed by atoms with Gasteiger partial charge in [0, 0.05) is 11.4 Å². The highest BCUT2D eigenvalue weighted by Crippen LogP contribution is 2.67. The molecule has 0 aliphatic heterocycles. The summed E-state index contributed by atoms with van der Waals surface area (Å²) in [6.07, 6.45) is 11.3. The predicted octanol–water partition coefficient (Wildman–Crippen LogP) is 9.33. The Morgan fingerprint density at radius 2 is 1.67 bits per heavy atom. The molecule has 5 heteroatoms. The van der Waals surface area contributed by atoms with Gasteiger partial charge in [-0.2, -0.15) is 8.78 Å². The number of nitrogens with two attached hydrogens (primary N) is 2. The van der Waals surface area contributed by atoms with Crippen LogP contribution >= 0.6 is 0 Å². The minimum atomic E-state index is -3.41. The summed E-state index contributed by atoms with van der Waals surface area (Å²) in [4.78, 5) is 0. The van der Waals surface area contributed by atoms with Crippen molar-refractivity contribution in [3.8, 4) is 0 Å². The van der Waals surface area contributed by atoms with Crippen molar-refractivity contribution in [2.24, 2.45) is 46.3 Å². The fourth-order valence-electron chi connectivity index (χ4n) is 9.87. The van der Waals surface area contributed by atoms with Crippen LogP contribution in [0.2, 0.25) is 0 Å². The van der Waals surface area contributed by atoms with E-state index < -0.39 is 12.2 Å². The Bertz CT molecular complexity index is 1050. The molecule has 3 nitrogen and oxygen atoms in total. The lowest BCUT2D eigenvalue weighted by atomic mass is 9.47. The highest BCUT2D eigenvalue weighted by Gasteiger charge is 2.59. The molecule has 1 aromatic carbocycles. The van der Waals surface area contributed by atoms with Gasteiger partial charge in [0.2, 0.25) is 0 Å². The van der Waals surface area contributed by atoms with E-state index in [4.69, 9.17) is 16.2 Å². The van der Waals surface area contributed by atoms with Crippen LogP contribution in [0.5, 0.6) is 0 Å². The Morgan fingerprint density at radius 3 is 2.36 bits per heavy atom. The fourth-order valence-corrected chi connectivity index (χ4v) is 9.87. The van der Waals surface area contributed by atoms with Gasteiger partial charge in [-0.25, -0.2) is 0 Å². The number of rotatable bonds is 8. The molecular weight excluding hydrogens is 490 g/mol. The second kappa shape index (κ2) is 10.7. The molecule has 0 bridgehead atoms. The van der Waals surface area contributed by atoms with Crippen molar-refractivity contribution < 1.29 is 13.5 Å². The highest BCUT2D eigenvalue weighted by molar-refractivity contribution is 5.55. The summed E-state index contributed by atoms with van der Waals surface area (Å²) in [5.41, 5.74) is 13.7. The smallest absolute Gasteiger partial charge is 0.383 e. The van der Waals surface area contributed by atoms with E-state index in [1.165, 1.54) is 68.7 Å². The van der Waals surface area contributed by atoms with Gasteiger partial charge < -0.3 is 16.2 Å². The van der Waals surface area contributed by atoms with Gasteiger partial charge in [-0.05, 0) is 116 Å². The Hall–Kier alpha value is -1.62. The summed E-state index contributed by atoms with van der Waals surface area (Å²) >= 11 is 0. The summed E-state index contributed by atoms with van der Waals surface area (Å²) in [7, 11) is 0. The molecule has 0 unspecified atom stereocenters. The highest BCUT2D eigenvalue weighted by atomic mass is 19.3. The van der Waals surface area contributed by atoms with E-state index in [0.29, 0.717) is 24.2 Å². The summed E-state index contributed by atoms with van der Waals surface area (Å²) < 4.78 is 35.8. The average Bonchev–Trinajstić information content (AvgIpc) is 3.20. The summed E-state index contributed by atoms with van der Waals surface area (Å²) in [6.45, 7) is 12.3. The number of alkyl halides is 2. The Kier molecular flexibility index (Phi) is 7.89. The maximum atomic E-state index is 15.1. The van der Waals surface area contributed by atoms with E-state index in [1.807, 2.05) is 0 Å². The molecule has 0 heterocycles. The number of nitrogen functional groups attached to an aromatic ring is 2. The molecule has 4 N–H and O–H groups in total. The van der Waals surface area contributed by atoms with Crippen LogP contribution < -0.4 is 11.5 Å². The third kappa shape index (κ3) is 5.38. The number of benzene rings is 1. The van der Waals surface area contributed by atoms with Crippen LogP contribution in [0, 0.1) is 46.3 Å². The average molecular weight is 543 g/mol. The van der Waals surface area contributed by atoms with Crippen molar-refractivity contribution in [3.63, 3.8) is 0 Å². The van der Waals surface area contributed by atoms with E-state index >= 15 is 8.78 Å². The van der Waals surface area contributed by atoms with Gasteiger partial charge in [0.1, 0.15) is 0 Å². The summed E-state index contributed by atoms with van der Waals surface area (Å²) in [5, 5.41) is 0. The fraction of sp³-hybridized carbons (Fsp3) is 0.765. The first kappa shape index (κ1) is 28.9. The lowest BCUT2D eigenvalue weighted by Gasteiger charge is -2.58. The first-order valence-corrected chi connectivity index (χ1v) is 15.7. The SMILES string of the molecule is CC(C)CCC[C@@H](C)[C@H]1CC[C@H]2[C@@H]3CC=C4C[C@@H](OC(F)(F)c5cc(N)cc(N)c5)CC[C@]4(C)[C@H]3CC[C@]12C. The minimum absolute atomic E-state index is 0.113. The molecule has 3 fully saturated rings. The lowest BCUT2D eigenvalue weighted by Crippen LogP contribution is -2.51. The number of ether oxygens (including phenoxy) is 1. The van der Waals surface area contributed by atoms with Gasteiger partial charge in [0.25, 0.3) is 0 Å². The monoisotopic (exact) mass is 542 g/mol. The second-order valence-corrected chi connectivity index (χ2v) is 14.7. The molecule has 4 aliphatic carbocycles. The van der Waals surface area contributed by atoms with E-state index in [2.05, 4.69) is 40.7 Å². The van der Waals surface area contributed by atoms with Crippen molar-refractivity contribution in [2.45, 2.75) is 117 Å². The number of allylic oxidation sites excluding steroid dienone is 1. The van der Waals surface area contributed by atoms with Crippen LogP contribution in [0.3, 0.4) is 0 Å². The molecule has 4 aliphatic rings. The number of halogens is 2. The molecule has 0 spiro atoms. The van der Waals surface area contributed by atoms with E-state index in [0.717, 1.165) is 42.4 Å². The largest absolute Gasteiger partial charge is 0.399 e. The topological polar surface area (TPSA) is 61.3 Å². The van der Waals surface area contributed by atoms with E-state index in [9.17, 15) is 0 Å². The zero-order valence-corrected chi connectivity index (χ0v) is 24.9. The van der Waals surface area contributed by atoms with Gasteiger partial charge in [-0.1, -0.05) is 65.5 Å². The van der Waals surface area contributed by atoms with Gasteiger partial charge in [0.15, 0.2) is 0 Å². The van der Waals surface area contributed by atoms with Crippen LogP contribution in [-0.2, 0) is 10.8 Å². The van der Waals surface area contributed by atoms with E-state index in [-0.39, 0.29) is 22.4 Å². The first-order valence-electron chi connectivity index (χ1n) is 15.7. The normalized spacial score (nSPS) is 37.1. The van der Waals surface area contributed by atoms with Gasteiger partial charge in [-0.15, -0.1) is 0 Å². The van der Waals surface area contributed by atoms with Crippen LogP contribution in [0.25, 0.3) is 0 Å². The van der Waals surface area contributed by atoms with E-state index in [1.54, 1.807) is 0 Å². The summed E-state index contributed by atoms with van der Waals surface area (Å²) in [5.74, 6) is 4.66. The minimum Gasteiger partial charge on any atom is -0.399 e. The maximum absolute atomic E-state index is 15.1. The number of hydrogen-bond donors (Lipinski definition) is 2. The van der Waals surface area contributed by atoms with Gasteiger partial charge >= 0.3 is 6.11 Å². The molecule has 0 aromatic heterocycles. The van der Waals surface area contributed by atoms with Crippen LogP contribution in [-0.4, -0.2) is 6.10 Å². The zero-order valence-electron chi connectivity index (χ0n) is 24.9. The number of anilines is 2. The third-order valence-electron chi connectivity index (χ3n) is 11.9. The maximum Gasteiger partial charge on any atom is 0.383 e. The molecule has 218 valence electrons. The van der Waals surface area contributed by atoms with Crippen LogP contribution in [0.1, 0.15) is 111 Å². The Balaban J connectivity index is 1.27. The van der Waals surface area contributed by atoms with Crippen molar-refractivity contribution in [2.75, 3.05) is 11.5 Å². The molecule has 8 atom stereocenters. The Morgan fingerprint density at radius 1 is 0.949 bits per heavy atom. The number of fused-ring (bicyclic) bond motifs is 5. The zero-order chi connectivity index (χ0) is 28.2. The molecule has 5 rings (SSSR count). The number of hydrogen-bond acceptors (Lipinski definition) is 3. The first-order chi connectivity index (χ1) is 18.3. The van der Waals surface area contributed by atoms with Gasteiger partial charge in [0.05, 0.1) is 11.7 Å². The predicted molar refractivity (Wildman–Crippen MR) is 157 cm³/mol. The lowest BCUT2D eigenvalue weighted by molar-refractivity contribution is -0.277. The molecule has 3 saturated carbocycles. The van der Waals surface area contributed by atoms with Gasteiger partial charge in [-0.3, -0.25) is 0 Å². The third-order valence-corrected chi connectivity index (χ3v) is 11.9. The molecule has 1 aromatic rings. The summed E-state index contributed by atoms with van der Waals surface area (Å²) in [6, 6.07) is 4.03. The quantitative estimate of drug-likeness (QED) is 0.254. The van der Waals surface area contributed by atoms with Crippen LogP contribution in [0.4, 0.5) is 20.2 Å². The molecular formula is C34H52F2N2O. The van der Waals surface area contributed by atoms with Crippen LogP contribution in [0.15, 0.2) is 29.8 Å².